The third-order valence-corrected chi connectivity index (χ3v) is 5.41. The molecule has 0 saturated heterocycles. The standard InChI is InChI=1S/C21H12Cl2FN5O/c1-11-18(12-2-5-14(24)6-3-12)20-26-25-19-16(29(20)27-11)8-9-28(21(19)30)17-10-13(22)4-7-15(17)23/h2-10H,1H3. The number of benzene rings is 2. The normalized spacial score (nSPS) is 11.5. The second-order valence-corrected chi connectivity index (χ2v) is 7.57. The summed E-state index contributed by atoms with van der Waals surface area (Å²) in [5, 5.41) is 13.8. The molecule has 0 aliphatic rings. The number of fused-ring (bicyclic) bond motifs is 3. The van der Waals surface area contributed by atoms with Gasteiger partial charge in [0.2, 0.25) is 0 Å². The van der Waals surface area contributed by atoms with Gasteiger partial charge in [-0.05, 0) is 48.9 Å². The van der Waals surface area contributed by atoms with E-state index in [0.29, 0.717) is 32.6 Å². The second kappa shape index (κ2) is 6.90. The van der Waals surface area contributed by atoms with Gasteiger partial charge < -0.3 is 0 Å². The summed E-state index contributed by atoms with van der Waals surface area (Å²) in [5.41, 5.74) is 3.33. The Morgan fingerprint density at radius 3 is 2.53 bits per heavy atom. The lowest BCUT2D eigenvalue weighted by molar-refractivity contribution is 0.628. The average Bonchev–Trinajstić information content (AvgIpc) is 3.07. The third-order valence-electron chi connectivity index (χ3n) is 4.86. The number of aryl methyl sites for hydroxylation is 1. The Hall–Kier alpha value is -3.29. The van der Waals surface area contributed by atoms with Crippen LogP contribution in [0, 0.1) is 12.7 Å². The minimum Gasteiger partial charge on any atom is -0.281 e. The van der Waals surface area contributed by atoms with Gasteiger partial charge in [-0.3, -0.25) is 9.36 Å². The Morgan fingerprint density at radius 1 is 1.00 bits per heavy atom. The number of hydrogen-bond donors (Lipinski definition) is 0. The van der Waals surface area contributed by atoms with E-state index in [4.69, 9.17) is 23.2 Å². The van der Waals surface area contributed by atoms with Crippen molar-refractivity contribution in [2.75, 3.05) is 0 Å². The van der Waals surface area contributed by atoms with E-state index in [0.717, 1.165) is 11.1 Å². The molecule has 0 atom stereocenters. The first kappa shape index (κ1) is 18.7. The van der Waals surface area contributed by atoms with Crippen LogP contribution in [0.5, 0.6) is 0 Å². The highest BCUT2D eigenvalue weighted by atomic mass is 35.5. The zero-order chi connectivity index (χ0) is 21.0. The fourth-order valence-corrected chi connectivity index (χ4v) is 3.84. The molecular weight excluding hydrogens is 428 g/mol. The molecule has 2 aromatic carbocycles. The molecule has 0 fully saturated rings. The van der Waals surface area contributed by atoms with Crippen molar-refractivity contribution >= 4 is 39.9 Å². The fourth-order valence-electron chi connectivity index (χ4n) is 3.47. The summed E-state index contributed by atoms with van der Waals surface area (Å²) in [6.07, 6.45) is 1.60. The maximum Gasteiger partial charge on any atom is 0.285 e. The van der Waals surface area contributed by atoms with Gasteiger partial charge in [-0.25, -0.2) is 8.91 Å². The van der Waals surface area contributed by atoms with Crippen molar-refractivity contribution in [3.05, 3.63) is 86.6 Å². The van der Waals surface area contributed by atoms with E-state index in [-0.39, 0.29) is 11.3 Å². The number of nitrogens with zero attached hydrogens (tertiary/aromatic N) is 5. The minimum atomic E-state index is -0.400. The molecule has 5 aromatic rings. The molecule has 0 aliphatic heterocycles. The second-order valence-electron chi connectivity index (χ2n) is 6.72. The Morgan fingerprint density at radius 2 is 1.77 bits per heavy atom. The van der Waals surface area contributed by atoms with Crippen LogP contribution < -0.4 is 5.56 Å². The van der Waals surface area contributed by atoms with Crippen LogP contribution in [0.25, 0.3) is 33.5 Å². The van der Waals surface area contributed by atoms with Crippen molar-refractivity contribution < 1.29 is 4.39 Å². The lowest BCUT2D eigenvalue weighted by atomic mass is 10.1. The number of rotatable bonds is 2. The van der Waals surface area contributed by atoms with Crippen molar-refractivity contribution in [2.45, 2.75) is 6.92 Å². The summed E-state index contributed by atoms with van der Waals surface area (Å²) < 4.78 is 16.3. The van der Waals surface area contributed by atoms with E-state index in [2.05, 4.69) is 15.3 Å². The van der Waals surface area contributed by atoms with Crippen molar-refractivity contribution in [3.63, 3.8) is 0 Å². The van der Waals surface area contributed by atoms with Gasteiger partial charge in [-0.2, -0.15) is 5.10 Å². The van der Waals surface area contributed by atoms with Crippen LogP contribution in [0.2, 0.25) is 10.0 Å². The van der Waals surface area contributed by atoms with Crippen LogP contribution in [-0.4, -0.2) is 24.4 Å². The summed E-state index contributed by atoms with van der Waals surface area (Å²) >= 11 is 12.3. The molecule has 0 amide bonds. The van der Waals surface area contributed by atoms with Crippen LogP contribution in [0.4, 0.5) is 4.39 Å². The molecule has 3 aromatic heterocycles. The highest BCUT2D eigenvalue weighted by Crippen LogP contribution is 2.29. The maximum absolute atomic E-state index is 13.3. The molecule has 0 spiro atoms. The smallest absolute Gasteiger partial charge is 0.281 e. The van der Waals surface area contributed by atoms with Crippen LogP contribution in [-0.2, 0) is 0 Å². The highest BCUT2D eigenvalue weighted by molar-refractivity contribution is 6.34. The number of halogens is 3. The number of aromatic nitrogens is 5. The first-order valence-corrected chi connectivity index (χ1v) is 9.68. The van der Waals surface area contributed by atoms with Gasteiger partial charge in [0.1, 0.15) is 11.3 Å². The lowest BCUT2D eigenvalue weighted by Gasteiger charge is -2.09. The van der Waals surface area contributed by atoms with E-state index < -0.39 is 5.56 Å². The number of hydrogen-bond acceptors (Lipinski definition) is 4. The van der Waals surface area contributed by atoms with Gasteiger partial charge in [-0.1, -0.05) is 35.3 Å². The zero-order valence-electron chi connectivity index (χ0n) is 15.5. The molecule has 0 saturated carbocycles. The molecule has 148 valence electrons. The van der Waals surface area contributed by atoms with Gasteiger partial charge in [0.05, 0.1) is 22.0 Å². The lowest BCUT2D eigenvalue weighted by Crippen LogP contribution is -2.20. The van der Waals surface area contributed by atoms with Crippen LogP contribution in [0.15, 0.2) is 59.5 Å². The molecule has 6 nitrogen and oxygen atoms in total. The molecule has 9 heteroatoms. The van der Waals surface area contributed by atoms with Crippen molar-refractivity contribution in [1.82, 2.24) is 24.4 Å². The fraction of sp³-hybridized carbons (Fsp3) is 0.0476. The van der Waals surface area contributed by atoms with Crippen molar-refractivity contribution in [2.24, 2.45) is 0 Å². The molecule has 3 heterocycles. The van der Waals surface area contributed by atoms with Gasteiger partial charge in [-0.15, -0.1) is 10.2 Å². The first-order valence-electron chi connectivity index (χ1n) is 8.93. The molecule has 5 rings (SSSR count). The Kier molecular flexibility index (Phi) is 4.30. The van der Waals surface area contributed by atoms with Crippen molar-refractivity contribution in [1.29, 1.82) is 0 Å². The first-order chi connectivity index (χ1) is 14.4. The van der Waals surface area contributed by atoms with Crippen LogP contribution >= 0.6 is 23.2 Å². The third kappa shape index (κ3) is 2.86. The molecule has 0 radical (unpaired) electrons. The van der Waals surface area contributed by atoms with Crippen LogP contribution in [0.1, 0.15) is 5.69 Å². The Balaban J connectivity index is 1.77. The van der Waals surface area contributed by atoms with Gasteiger partial charge in [0, 0.05) is 11.2 Å². The molecule has 0 unspecified atom stereocenters. The van der Waals surface area contributed by atoms with Crippen molar-refractivity contribution in [3.8, 4) is 16.8 Å². The quantitative estimate of drug-likeness (QED) is 0.394. The van der Waals surface area contributed by atoms with Gasteiger partial charge >= 0.3 is 0 Å². The van der Waals surface area contributed by atoms with Gasteiger partial charge in [0.15, 0.2) is 11.2 Å². The summed E-state index contributed by atoms with van der Waals surface area (Å²) in [6, 6.07) is 12.7. The van der Waals surface area contributed by atoms with E-state index in [9.17, 15) is 9.18 Å². The predicted octanol–water partition coefficient (Wildman–Crippen LogP) is 4.85. The van der Waals surface area contributed by atoms with Gasteiger partial charge in [0.25, 0.3) is 5.56 Å². The van der Waals surface area contributed by atoms with E-state index in [1.807, 2.05) is 6.92 Å². The molecule has 0 bridgehead atoms. The number of pyridine rings is 1. The Labute approximate surface area is 179 Å². The topological polar surface area (TPSA) is 65.1 Å². The maximum atomic E-state index is 13.3. The average molecular weight is 440 g/mol. The predicted molar refractivity (Wildman–Crippen MR) is 114 cm³/mol. The van der Waals surface area contributed by atoms with E-state index in [1.165, 1.54) is 16.7 Å². The van der Waals surface area contributed by atoms with Crippen LogP contribution in [0.3, 0.4) is 0 Å². The monoisotopic (exact) mass is 439 g/mol. The van der Waals surface area contributed by atoms with E-state index >= 15 is 0 Å². The molecule has 30 heavy (non-hydrogen) atoms. The molecular formula is C21H12Cl2FN5O. The highest BCUT2D eigenvalue weighted by Gasteiger charge is 2.18. The largest absolute Gasteiger partial charge is 0.285 e. The summed E-state index contributed by atoms with van der Waals surface area (Å²) in [4.78, 5) is 13.1. The zero-order valence-corrected chi connectivity index (χ0v) is 17.0. The minimum absolute atomic E-state index is 0.134. The summed E-state index contributed by atoms with van der Waals surface area (Å²) in [5.74, 6) is -0.329. The summed E-state index contributed by atoms with van der Waals surface area (Å²) in [6.45, 7) is 1.83. The Bertz CT molecular complexity index is 1510. The van der Waals surface area contributed by atoms with E-state index in [1.54, 1.807) is 47.1 Å². The SMILES string of the molecule is Cc1nn2c(nnc3c(=O)n(-c4cc(Cl)ccc4Cl)ccc32)c1-c1ccc(F)cc1. The summed E-state index contributed by atoms with van der Waals surface area (Å²) in [7, 11) is 0. The molecule has 0 N–H and O–H groups in total. The molecule has 0 aliphatic carbocycles.